The van der Waals surface area contributed by atoms with Crippen LogP contribution in [0.5, 0.6) is 0 Å². The first-order chi connectivity index (χ1) is 5.18. The average Bonchev–Trinajstić information content (AvgIpc) is 1.93. The van der Waals surface area contributed by atoms with Crippen molar-refractivity contribution >= 4 is 26.4 Å². The van der Waals surface area contributed by atoms with Gasteiger partial charge in [-0.3, -0.25) is 9.59 Å². The molecular formula is C8H7BrO2. The predicted molar refractivity (Wildman–Crippen MR) is 45.4 cm³/mol. The molecule has 0 bridgehead atoms. The van der Waals surface area contributed by atoms with E-state index in [1.165, 1.54) is 6.08 Å². The molecule has 0 radical (unpaired) electrons. The van der Waals surface area contributed by atoms with E-state index in [1.807, 2.05) is 0 Å². The van der Waals surface area contributed by atoms with E-state index in [1.54, 1.807) is 12.2 Å². The summed E-state index contributed by atoms with van der Waals surface area (Å²) in [7, 11) is 0. The van der Waals surface area contributed by atoms with Crippen LogP contribution in [0.3, 0.4) is 0 Å². The van der Waals surface area contributed by atoms with Gasteiger partial charge >= 0.3 is 0 Å². The number of carbonyl (C=O) groups is 2. The third-order valence-electron chi connectivity index (χ3n) is 1.39. The van der Waals surface area contributed by atoms with Crippen molar-refractivity contribution in [3.05, 3.63) is 23.8 Å². The molecule has 0 unspecified atom stereocenters. The van der Waals surface area contributed by atoms with Gasteiger partial charge in [-0.15, -0.1) is 0 Å². The van der Waals surface area contributed by atoms with Gasteiger partial charge in [-0.2, -0.15) is 0 Å². The van der Waals surface area contributed by atoms with Crippen LogP contribution in [0.15, 0.2) is 23.8 Å². The van der Waals surface area contributed by atoms with E-state index in [0.29, 0.717) is 12.8 Å². The van der Waals surface area contributed by atoms with Gasteiger partial charge in [0, 0.05) is 12.8 Å². The quantitative estimate of drug-likeness (QED) is 0.657. The van der Waals surface area contributed by atoms with Crippen LogP contribution >= 0.6 is 15.9 Å². The van der Waals surface area contributed by atoms with Gasteiger partial charge in [-0.1, -0.05) is 12.2 Å². The zero-order valence-corrected chi connectivity index (χ0v) is 7.43. The Kier molecular flexibility index (Phi) is 2.76. The van der Waals surface area contributed by atoms with Crippen LogP contribution in [0.4, 0.5) is 0 Å². The molecule has 0 amide bonds. The summed E-state index contributed by atoms with van der Waals surface area (Å²) in [5.74, 6) is 0.0933. The lowest BCUT2D eigenvalue weighted by molar-refractivity contribution is -0.114. The molecular weight excluding hydrogens is 208 g/mol. The molecule has 0 aromatic rings. The zero-order valence-electron chi connectivity index (χ0n) is 5.84. The maximum atomic E-state index is 10.7. The molecule has 3 heteroatoms. The number of ketones is 1. The molecule has 0 fully saturated rings. The lowest BCUT2D eigenvalue weighted by Crippen LogP contribution is -1.98. The fraction of sp³-hybridized carbons (Fsp3) is 0.250. The molecule has 0 aliphatic heterocycles. The molecule has 0 saturated heterocycles. The molecule has 11 heavy (non-hydrogen) atoms. The zero-order chi connectivity index (χ0) is 8.27. The number of hydrogen-bond donors (Lipinski definition) is 0. The van der Waals surface area contributed by atoms with E-state index < -0.39 is 0 Å². The molecule has 0 aromatic heterocycles. The molecule has 0 saturated carbocycles. The number of rotatable bonds is 2. The molecule has 58 valence electrons. The summed E-state index contributed by atoms with van der Waals surface area (Å²) in [4.78, 5) is 21.2. The first-order valence-electron chi connectivity index (χ1n) is 3.27. The highest BCUT2D eigenvalue weighted by Crippen LogP contribution is 2.12. The van der Waals surface area contributed by atoms with Crippen molar-refractivity contribution in [3.8, 4) is 0 Å². The Balaban J connectivity index is 2.56. The second kappa shape index (κ2) is 3.62. The van der Waals surface area contributed by atoms with Crippen LogP contribution in [0.1, 0.15) is 12.8 Å². The standard InChI is InChI=1S/C8H7BrO2/c9-8(11)5-6-1-3-7(10)4-2-6/h1-3H,4-5H2. The Morgan fingerprint density at radius 1 is 1.55 bits per heavy atom. The van der Waals surface area contributed by atoms with E-state index >= 15 is 0 Å². The fourth-order valence-corrected chi connectivity index (χ4v) is 1.18. The van der Waals surface area contributed by atoms with Crippen LogP contribution in [-0.2, 0) is 9.59 Å². The molecule has 1 aliphatic rings. The summed E-state index contributed by atoms with van der Waals surface area (Å²) in [6.07, 6.45) is 5.76. The molecule has 0 spiro atoms. The van der Waals surface area contributed by atoms with Gasteiger partial charge < -0.3 is 0 Å². The summed E-state index contributed by atoms with van der Waals surface area (Å²) in [6.45, 7) is 0. The smallest absolute Gasteiger partial charge is 0.202 e. The van der Waals surface area contributed by atoms with Crippen molar-refractivity contribution in [1.29, 1.82) is 0 Å². The molecule has 0 N–H and O–H groups in total. The van der Waals surface area contributed by atoms with Gasteiger partial charge in [0.25, 0.3) is 0 Å². The molecule has 0 aromatic carbocycles. The van der Waals surface area contributed by atoms with Gasteiger partial charge in [0.05, 0.1) is 0 Å². The minimum Gasteiger partial charge on any atom is -0.295 e. The number of allylic oxidation sites excluding steroid dienone is 4. The molecule has 0 atom stereocenters. The van der Waals surface area contributed by atoms with Gasteiger partial charge in [-0.05, 0) is 27.6 Å². The van der Waals surface area contributed by atoms with Gasteiger partial charge in [-0.25, -0.2) is 0 Å². The maximum Gasteiger partial charge on any atom is 0.202 e. The third kappa shape index (κ3) is 2.80. The largest absolute Gasteiger partial charge is 0.295 e. The second-order valence-electron chi connectivity index (χ2n) is 2.31. The number of carbonyl (C=O) groups excluding carboxylic acids is 2. The minimum atomic E-state index is -0.0530. The first-order valence-corrected chi connectivity index (χ1v) is 4.06. The summed E-state index contributed by atoms with van der Waals surface area (Å²) in [5.41, 5.74) is 0.909. The van der Waals surface area contributed by atoms with Crippen molar-refractivity contribution in [2.45, 2.75) is 12.8 Å². The van der Waals surface area contributed by atoms with Crippen LogP contribution in [0.2, 0.25) is 0 Å². The number of hydrogen-bond acceptors (Lipinski definition) is 2. The highest BCUT2D eigenvalue weighted by atomic mass is 79.9. The van der Waals surface area contributed by atoms with Crippen LogP contribution in [-0.4, -0.2) is 10.5 Å². The predicted octanol–water partition coefficient (Wildman–Crippen LogP) is 1.75. The molecule has 2 nitrogen and oxygen atoms in total. The van der Waals surface area contributed by atoms with Gasteiger partial charge in [0.2, 0.25) is 4.69 Å². The lowest BCUT2D eigenvalue weighted by Gasteiger charge is -2.01. The van der Waals surface area contributed by atoms with Crippen LogP contribution in [0, 0.1) is 0 Å². The SMILES string of the molecule is O=C(Br)CC1=CCC(=O)C=C1. The van der Waals surface area contributed by atoms with Crippen LogP contribution in [0.25, 0.3) is 0 Å². The fourth-order valence-electron chi connectivity index (χ4n) is 0.859. The Hall–Kier alpha value is -0.700. The van der Waals surface area contributed by atoms with Crippen molar-refractivity contribution < 1.29 is 9.59 Å². The Bertz CT molecular complexity index is 251. The van der Waals surface area contributed by atoms with Gasteiger partial charge in [0.15, 0.2) is 5.78 Å². The third-order valence-corrected chi connectivity index (χ3v) is 1.67. The highest BCUT2D eigenvalue weighted by Gasteiger charge is 2.05. The summed E-state index contributed by atoms with van der Waals surface area (Å²) >= 11 is 2.83. The lowest BCUT2D eigenvalue weighted by atomic mass is 10.0. The molecule has 1 rings (SSSR count). The van der Waals surface area contributed by atoms with Crippen molar-refractivity contribution in [3.63, 3.8) is 0 Å². The van der Waals surface area contributed by atoms with Crippen molar-refractivity contribution in [1.82, 2.24) is 0 Å². The first kappa shape index (κ1) is 8.40. The van der Waals surface area contributed by atoms with E-state index in [4.69, 9.17) is 0 Å². The van der Waals surface area contributed by atoms with Crippen molar-refractivity contribution in [2.75, 3.05) is 0 Å². The Morgan fingerprint density at radius 2 is 2.27 bits per heavy atom. The normalized spacial score (nSPS) is 16.5. The Labute approximate surface area is 73.1 Å². The van der Waals surface area contributed by atoms with E-state index in [0.717, 1.165) is 5.57 Å². The summed E-state index contributed by atoms with van der Waals surface area (Å²) in [5, 5.41) is 0. The average molecular weight is 215 g/mol. The van der Waals surface area contributed by atoms with Crippen molar-refractivity contribution in [2.24, 2.45) is 0 Å². The number of halogens is 1. The van der Waals surface area contributed by atoms with Crippen LogP contribution < -0.4 is 0 Å². The highest BCUT2D eigenvalue weighted by molar-refractivity contribution is 9.18. The molecule has 0 heterocycles. The second-order valence-corrected chi connectivity index (χ2v) is 3.20. The minimum absolute atomic E-state index is 0.0530. The summed E-state index contributed by atoms with van der Waals surface area (Å²) in [6, 6.07) is 0. The topological polar surface area (TPSA) is 34.1 Å². The Morgan fingerprint density at radius 3 is 2.73 bits per heavy atom. The maximum absolute atomic E-state index is 10.7. The van der Waals surface area contributed by atoms with E-state index in [2.05, 4.69) is 15.9 Å². The van der Waals surface area contributed by atoms with E-state index in [-0.39, 0.29) is 10.5 Å². The van der Waals surface area contributed by atoms with Gasteiger partial charge in [0.1, 0.15) is 0 Å². The molecule has 1 aliphatic carbocycles. The monoisotopic (exact) mass is 214 g/mol. The summed E-state index contributed by atoms with van der Waals surface area (Å²) < 4.78 is -0.0530. The van der Waals surface area contributed by atoms with E-state index in [9.17, 15) is 9.59 Å².